The van der Waals surface area contributed by atoms with Gasteiger partial charge in [0, 0.05) is 5.39 Å². The summed E-state index contributed by atoms with van der Waals surface area (Å²) in [6.45, 7) is 0. The molecular weight excluding hydrogens is 336 g/mol. The molecule has 0 fully saturated rings. The molecule has 0 aliphatic rings. The van der Waals surface area contributed by atoms with Crippen molar-refractivity contribution in [2.45, 2.75) is 0 Å². The molecule has 0 radical (unpaired) electrons. The van der Waals surface area contributed by atoms with Crippen LogP contribution in [0.3, 0.4) is 0 Å². The van der Waals surface area contributed by atoms with Gasteiger partial charge in [0.1, 0.15) is 0 Å². The van der Waals surface area contributed by atoms with Gasteiger partial charge in [-0.25, -0.2) is 9.78 Å². The second kappa shape index (κ2) is 7.22. The fourth-order valence-electron chi connectivity index (χ4n) is 2.98. The van der Waals surface area contributed by atoms with Gasteiger partial charge in [0.25, 0.3) is 0 Å². The lowest BCUT2D eigenvalue weighted by Gasteiger charge is -2.08. The van der Waals surface area contributed by atoms with Crippen LogP contribution in [0.5, 0.6) is 0 Å². The molecule has 4 aromatic rings. The van der Waals surface area contributed by atoms with E-state index in [9.17, 15) is 4.79 Å². The summed E-state index contributed by atoms with van der Waals surface area (Å²) in [5.74, 6) is -0.970. The highest BCUT2D eigenvalue weighted by Crippen LogP contribution is 2.28. The van der Waals surface area contributed by atoms with Crippen LogP contribution in [0, 0.1) is 0 Å². The van der Waals surface area contributed by atoms with E-state index in [0.29, 0.717) is 11.4 Å². The van der Waals surface area contributed by atoms with Crippen LogP contribution in [-0.2, 0) is 0 Å². The zero-order chi connectivity index (χ0) is 18.6. The Morgan fingerprint density at radius 1 is 0.889 bits per heavy atom. The average molecular weight is 352 g/mol. The molecule has 1 aromatic heterocycles. The van der Waals surface area contributed by atoms with Crippen LogP contribution >= 0.6 is 0 Å². The molecule has 0 saturated heterocycles. The first kappa shape index (κ1) is 16.7. The van der Waals surface area contributed by atoms with E-state index in [1.165, 1.54) is 6.07 Å². The van der Waals surface area contributed by atoms with Crippen LogP contribution in [0.2, 0.25) is 0 Å². The number of para-hydroxylation sites is 1. The number of nitrogens with zero attached hydrogens (tertiary/aromatic N) is 2. The second-order valence-corrected chi connectivity index (χ2v) is 6.09. The van der Waals surface area contributed by atoms with Gasteiger partial charge in [-0.1, -0.05) is 54.6 Å². The maximum Gasteiger partial charge on any atom is 0.335 e. The molecule has 4 heteroatoms. The van der Waals surface area contributed by atoms with E-state index in [4.69, 9.17) is 5.11 Å². The Morgan fingerprint density at radius 3 is 2.48 bits per heavy atom. The number of benzene rings is 3. The van der Waals surface area contributed by atoms with Gasteiger partial charge < -0.3 is 5.11 Å². The molecule has 0 spiro atoms. The number of fused-ring (bicyclic) bond motifs is 1. The minimum absolute atomic E-state index is 0.209. The molecule has 4 nitrogen and oxygen atoms in total. The normalized spacial score (nSPS) is 11.1. The fraction of sp³-hybridized carbons (Fsp3) is 0. The van der Waals surface area contributed by atoms with Crippen molar-refractivity contribution in [2.24, 2.45) is 4.99 Å². The number of carbonyl (C=O) groups is 1. The SMILES string of the molecule is O=C(O)c1cccc(N=Cc2cc(-c3ccccc3)c3ccccc3n2)c1. The maximum atomic E-state index is 11.1. The van der Waals surface area contributed by atoms with Crippen LogP contribution < -0.4 is 0 Å². The molecular formula is C23H16N2O2. The minimum atomic E-state index is -0.970. The first-order valence-corrected chi connectivity index (χ1v) is 8.53. The number of rotatable bonds is 4. The zero-order valence-corrected chi connectivity index (χ0v) is 14.4. The third kappa shape index (κ3) is 3.60. The summed E-state index contributed by atoms with van der Waals surface area (Å²) in [5.41, 5.74) is 4.58. The average Bonchev–Trinajstić information content (AvgIpc) is 2.72. The quantitative estimate of drug-likeness (QED) is 0.504. The first-order valence-electron chi connectivity index (χ1n) is 8.53. The van der Waals surface area contributed by atoms with Crippen molar-refractivity contribution >= 4 is 28.8 Å². The number of aromatic carboxylic acids is 1. The van der Waals surface area contributed by atoms with Gasteiger partial charge in [-0.05, 0) is 41.5 Å². The summed E-state index contributed by atoms with van der Waals surface area (Å²) in [4.78, 5) is 20.2. The minimum Gasteiger partial charge on any atom is -0.478 e. The van der Waals surface area contributed by atoms with E-state index < -0.39 is 5.97 Å². The Morgan fingerprint density at radius 2 is 1.67 bits per heavy atom. The largest absolute Gasteiger partial charge is 0.478 e. The number of carboxylic acid groups (broad SMARTS) is 1. The molecule has 3 aromatic carbocycles. The summed E-state index contributed by atoms with van der Waals surface area (Å²) in [7, 11) is 0. The standard InChI is InChI=1S/C23H16N2O2/c26-23(27)17-9-6-10-18(13-17)24-15-19-14-21(16-7-2-1-3-8-16)20-11-4-5-12-22(20)25-19/h1-15H,(H,26,27). The van der Waals surface area contributed by atoms with Gasteiger partial charge in [0.05, 0.1) is 28.7 Å². The Balaban J connectivity index is 1.79. The Kier molecular flexibility index (Phi) is 4.45. The van der Waals surface area contributed by atoms with Gasteiger partial charge in [-0.3, -0.25) is 4.99 Å². The van der Waals surface area contributed by atoms with Crippen molar-refractivity contribution in [3.63, 3.8) is 0 Å². The van der Waals surface area contributed by atoms with Crippen LogP contribution in [0.1, 0.15) is 16.1 Å². The predicted octanol–water partition coefficient (Wildman–Crippen LogP) is 5.35. The van der Waals surface area contributed by atoms with E-state index in [0.717, 1.165) is 22.0 Å². The van der Waals surface area contributed by atoms with Crippen molar-refractivity contribution in [2.75, 3.05) is 0 Å². The first-order chi connectivity index (χ1) is 13.2. The molecule has 0 atom stereocenters. The van der Waals surface area contributed by atoms with Crippen molar-refractivity contribution in [3.05, 3.63) is 96.2 Å². The van der Waals surface area contributed by atoms with E-state index >= 15 is 0 Å². The third-order valence-corrected chi connectivity index (χ3v) is 4.26. The molecule has 4 rings (SSSR count). The molecule has 0 bridgehead atoms. The van der Waals surface area contributed by atoms with Crippen molar-refractivity contribution in [1.82, 2.24) is 4.98 Å². The van der Waals surface area contributed by atoms with E-state index in [2.05, 4.69) is 28.2 Å². The van der Waals surface area contributed by atoms with E-state index in [1.807, 2.05) is 42.5 Å². The van der Waals surface area contributed by atoms with Crippen molar-refractivity contribution in [1.29, 1.82) is 0 Å². The van der Waals surface area contributed by atoms with Crippen LogP contribution in [0.25, 0.3) is 22.0 Å². The third-order valence-electron chi connectivity index (χ3n) is 4.26. The topological polar surface area (TPSA) is 62.5 Å². The molecule has 130 valence electrons. The number of hydrogen-bond donors (Lipinski definition) is 1. The Labute approximate surface area is 156 Å². The number of aromatic nitrogens is 1. The van der Waals surface area contributed by atoms with Crippen LogP contribution in [-0.4, -0.2) is 22.3 Å². The Bertz CT molecular complexity index is 1150. The molecule has 0 aliphatic heterocycles. The highest BCUT2D eigenvalue weighted by Gasteiger charge is 2.07. The lowest BCUT2D eigenvalue weighted by atomic mass is 10.0. The number of aliphatic imine (C=N–C) groups is 1. The molecule has 0 unspecified atom stereocenters. The molecule has 0 aliphatic carbocycles. The van der Waals surface area contributed by atoms with Crippen molar-refractivity contribution in [3.8, 4) is 11.1 Å². The summed E-state index contributed by atoms with van der Waals surface area (Å²) in [6, 6.07) is 26.7. The second-order valence-electron chi connectivity index (χ2n) is 6.09. The highest BCUT2D eigenvalue weighted by atomic mass is 16.4. The van der Waals surface area contributed by atoms with Crippen LogP contribution in [0.15, 0.2) is 89.9 Å². The number of hydrogen-bond acceptors (Lipinski definition) is 3. The smallest absolute Gasteiger partial charge is 0.335 e. The van der Waals surface area contributed by atoms with Gasteiger partial charge in [0.15, 0.2) is 0 Å². The molecule has 0 saturated carbocycles. The maximum absolute atomic E-state index is 11.1. The number of pyridine rings is 1. The summed E-state index contributed by atoms with van der Waals surface area (Å²) >= 11 is 0. The summed E-state index contributed by atoms with van der Waals surface area (Å²) in [5, 5.41) is 10.2. The van der Waals surface area contributed by atoms with Gasteiger partial charge >= 0.3 is 5.97 Å². The van der Waals surface area contributed by atoms with Gasteiger partial charge in [-0.2, -0.15) is 0 Å². The molecule has 27 heavy (non-hydrogen) atoms. The zero-order valence-electron chi connectivity index (χ0n) is 14.4. The van der Waals surface area contributed by atoms with Gasteiger partial charge in [0.2, 0.25) is 0 Å². The van der Waals surface area contributed by atoms with E-state index in [-0.39, 0.29) is 5.56 Å². The number of carboxylic acids is 1. The Hall–Kier alpha value is -3.79. The highest BCUT2D eigenvalue weighted by molar-refractivity contribution is 5.98. The summed E-state index contributed by atoms with van der Waals surface area (Å²) in [6.07, 6.45) is 1.67. The molecule has 1 heterocycles. The van der Waals surface area contributed by atoms with E-state index in [1.54, 1.807) is 24.4 Å². The predicted molar refractivity (Wildman–Crippen MR) is 108 cm³/mol. The molecule has 0 amide bonds. The fourth-order valence-corrected chi connectivity index (χ4v) is 2.98. The lowest BCUT2D eigenvalue weighted by molar-refractivity contribution is 0.0697. The molecule has 1 N–H and O–H groups in total. The van der Waals surface area contributed by atoms with Crippen molar-refractivity contribution < 1.29 is 9.90 Å². The van der Waals surface area contributed by atoms with Crippen LogP contribution in [0.4, 0.5) is 5.69 Å². The summed E-state index contributed by atoms with van der Waals surface area (Å²) < 4.78 is 0. The van der Waals surface area contributed by atoms with Gasteiger partial charge in [-0.15, -0.1) is 0 Å². The monoisotopic (exact) mass is 352 g/mol. The lowest BCUT2D eigenvalue weighted by Crippen LogP contribution is -1.95.